The molecule has 7 heteroatoms. The third kappa shape index (κ3) is 2.71. The number of amides is 1. The van der Waals surface area contributed by atoms with Crippen molar-refractivity contribution in [3.8, 4) is 0 Å². The molecule has 1 fully saturated rings. The molecule has 1 saturated heterocycles. The van der Waals surface area contributed by atoms with E-state index >= 15 is 0 Å². The van der Waals surface area contributed by atoms with E-state index in [4.69, 9.17) is 0 Å². The first-order chi connectivity index (χ1) is 12.5. The second-order valence-corrected chi connectivity index (χ2v) is 6.65. The van der Waals surface area contributed by atoms with Crippen LogP contribution < -0.4 is 0 Å². The lowest BCUT2D eigenvalue weighted by Crippen LogP contribution is -2.29. The van der Waals surface area contributed by atoms with Gasteiger partial charge < -0.3 is 10.0 Å². The third-order valence-electron chi connectivity index (χ3n) is 5.08. The normalized spacial score (nSPS) is 19.8. The molecule has 0 unspecified atom stereocenters. The van der Waals surface area contributed by atoms with Gasteiger partial charge in [0.15, 0.2) is 0 Å². The van der Waals surface area contributed by atoms with Gasteiger partial charge in [0, 0.05) is 24.6 Å². The van der Waals surface area contributed by atoms with E-state index in [0.717, 1.165) is 11.1 Å². The Bertz CT molecular complexity index is 997. The number of aromatic nitrogens is 3. The summed E-state index contributed by atoms with van der Waals surface area (Å²) in [6.07, 6.45) is 0. The van der Waals surface area contributed by atoms with Gasteiger partial charge in [-0.3, -0.25) is 9.59 Å². The predicted molar refractivity (Wildman–Crippen MR) is 94.8 cm³/mol. The zero-order valence-corrected chi connectivity index (χ0v) is 14.2. The zero-order valence-electron chi connectivity index (χ0n) is 14.2. The number of rotatable bonds is 3. The summed E-state index contributed by atoms with van der Waals surface area (Å²) in [5.41, 5.74) is 3.81. The van der Waals surface area contributed by atoms with Gasteiger partial charge in [-0.2, -0.15) is 15.4 Å². The molecule has 0 aliphatic carbocycles. The van der Waals surface area contributed by atoms with Crippen molar-refractivity contribution >= 4 is 22.9 Å². The Morgan fingerprint density at radius 3 is 2.65 bits per heavy atom. The Hall–Kier alpha value is -3.22. The largest absolute Gasteiger partial charge is 0.481 e. The van der Waals surface area contributed by atoms with Crippen molar-refractivity contribution in [2.75, 3.05) is 13.1 Å². The Kier molecular flexibility index (Phi) is 3.91. The van der Waals surface area contributed by atoms with E-state index in [1.807, 2.05) is 31.2 Å². The molecule has 1 aromatic heterocycles. The van der Waals surface area contributed by atoms with E-state index in [1.165, 1.54) is 0 Å². The molecule has 1 aliphatic rings. The third-order valence-corrected chi connectivity index (χ3v) is 5.08. The molecule has 2 N–H and O–H groups in total. The summed E-state index contributed by atoms with van der Waals surface area (Å²) in [6.45, 7) is 2.55. The lowest BCUT2D eigenvalue weighted by atomic mass is 9.86. The lowest BCUT2D eigenvalue weighted by Gasteiger charge is -2.18. The first kappa shape index (κ1) is 16.3. The van der Waals surface area contributed by atoms with Crippen LogP contribution in [0.25, 0.3) is 11.0 Å². The molecule has 2 aromatic carbocycles. The number of hydrogen-bond donors (Lipinski definition) is 2. The number of fused-ring (bicyclic) bond motifs is 1. The van der Waals surface area contributed by atoms with Crippen LogP contribution in [0.5, 0.6) is 0 Å². The quantitative estimate of drug-likeness (QED) is 0.754. The zero-order chi connectivity index (χ0) is 18.3. The maximum atomic E-state index is 12.9. The van der Waals surface area contributed by atoms with E-state index in [0.29, 0.717) is 23.1 Å². The number of carbonyl (C=O) groups is 2. The maximum absolute atomic E-state index is 12.9. The summed E-state index contributed by atoms with van der Waals surface area (Å²) < 4.78 is 0. The number of nitrogens with zero attached hydrogens (tertiary/aromatic N) is 3. The van der Waals surface area contributed by atoms with Crippen LogP contribution >= 0.6 is 0 Å². The van der Waals surface area contributed by atoms with Crippen molar-refractivity contribution in [2.45, 2.75) is 12.8 Å². The standard InChI is InChI=1S/C19H18N4O3/c1-11-4-2-3-5-13(11)14-9-23(10-15(14)19(25)26)18(24)12-6-7-16-17(8-12)21-22-20-16/h2-8,14-15H,9-10H2,1H3,(H,25,26)(H,20,21,22)/t14-,15+/m0/s1. The molecule has 1 aliphatic heterocycles. The van der Waals surface area contributed by atoms with Gasteiger partial charge >= 0.3 is 5.97 Å². The summed E-state index contributed by atoms with van der Waals surface area (Å²) >= 11 is 0. The Balaban J connectivity index is 1.64. The van der Waals surface area contributed by atoms with Crippen molar-refractivity contribution in [3.63, 3.8) is 0 Å². The number of likely N-dealkylation sites (tertiary alicyclic amines) is 1. The number of carbonyl (C=O) groups excluding carboxylic acids is 1. The molecule has 0 radical (unpaired) electrons. The summed E-state index contributed by atoms with van der Waals surface area (Å²) in [5.74, 6) is -1.89. The van der Waals surface area contributed by atoms with Gasteiger partial charge in [0.25, 0.3) is 5.91 Å². The average molecular weight is 350 g/mol. The van der Waals surface area contributed by atoms with E-state index in [9.17, 15) is 14.7 Å². The summed E-state index contributed by atoms with van der Waals surface area (Å²) in [7, 11) is 0. The van der Waals surface area contributed by atoms with Crippen LogP contribution in [0.2, 0.25) is 0 Å². The van der Waals surface area contributed by atoms with Gasteiger partial charge in [0.05, 0.1) is 5.92 Å². The van der Waals surface area contributed by atoms with Gasteiger partial charge in [0.1, 0.15) is 11.0 Å². The lowest BCUT2D eigenvalue weighted by molar-refractivity contribution is -0.141. The van der Waals surface area contributed by atoms with Gasteiger partial charge in [0.2, 0.25) is 0 Å². The molecule has 0 bridgehead atoms. The number of H-pyrrole nitrogens is 1. The number of carboxylic acid groups (broad SMARTS) is 1. The molecular formula is C19H18N4O3. The van der Waals surface area contributed by atoms with E-state index < -0.39 is 11.9 Å². The van der Waals surface area contributed by atoms with Crippen LogP contribution in [0.4, 0.5) is 0 Å². The predicted octanol–water partition coefficient (Wildman–Crippen LogP) is 2.21. The van der Waals surface area contributed by atoms with Crippen molar-refractivity contribution in [1.82, 2.24) is 20.3 Å². The van der Waals surface area contributed by atoms with Crippen LogP contribution in [-0.2, 0) is 4.79 Å². The minimum absolute atomic E-state index is 0.183. The highest BCUT2D eigenvalue weighted by Gasteiger charge is 2.41. The smallest absolute Gasteiger partial charge is 0.308 e. The van der Waals surface area contributed by atoms with Crippen molar-refractivity contribution in [3.05, 3.63) is 59.2 Å². The fourth-order valence-electron chi connectivity index (χ4n) is 3.69. The minimum Gasteiger partial charge on any atom is -0.481 e. The monoisotopic (exact) mass is 350 g/mol. The number of aromatic amines is 1. The average Bonchev–Trinajstić information content (AvgIpc) is 3.28. The molecule has 1 amide bonds. The molecule has 2 heterocycles. The number of hydrogen-bond acceptors (Lipinski definition) is 4. The fraction of sp³-hybridized carbons (Fsp3) is 0.263. The van der Waals surface area contributed by atoms with Crippen LogP contribution in [0, 0.1) is 12.8 Å². The topological polar surface area (TPSA) is 99.2 Å². The van der Waals surface area contributed by atoms with Crippen LogP contribution in [0.1, 0.15) is 27.4 Å². The Morgan fingerprint density at radius 1 is 1.12 bits per heavy atom. The number of carboxylic acids is 1. The van der Waals surface area contributed by atoms with E-state index in [-0.39, 0.29) is 18.4 Å². The van der Waals surface area contributed by atoms with Crippen molar-refractivity contribution in [2.24, 2.45) is 5.92 Å². The summed E-state index contributed by atoms with van der Waals surface area (Å²) in [6, 6.07) is 12.9. The molecule has 0 spiro atoms. The molecule has 2 atom stereocenters. The van der Waals surface area contributed by atoms with Crippen molar-refractivity contribution < 1.29 is 14.7 Å². The summed E-state index contributed by atoms with van der Waals surface area (Å²) in [4.78, 5) is 26.3. The number of benzene rings is 2. The van der Waals surface area contributed by atoms with Gasteiger partial charge in [-0.05, 0) is 36.2 Å². The SMILES string of the molecule is Cc1ccccc1[C@@H]1CN(C(=O)c2ccc3n[nH]nc3c2)C[C@H]1C(=O)O. The molecule has 4 rings (SSSR count). The van der Waals surface area contributed by atoms with Gasteiger partial charge in [-0.15, -0.1) is 0 Å². The number of nitrogens with one attached hydrogen (secondary N) is 1. The first-order valence-electron chi connectivity index (χ1n) is 8.42. The molecular weight excluding hydrogens is 332 g/mol. The van der Waals surface area contributed by atoms with Crippen molar-refractivity contribution in [1.29, 1.82) is 0 Å². The highest BCUT2D eigenvalue weighted by Crippen LogP contribution is 2.35. The van der Waals surface area contributed by atoms with Gasteiger partial charge in [-0.25, -0.2) is 0 Å². The van der Waals surface area contributed by atoms with E-state index in [2.05, 4.69) is 15.4 Å². The van der Waals surface area contributed by atoms with Gasteiger partial charge in [-0.1, -0.05) is 24.3 Å². The number of aryl methyl sites for hydroxylation is 1. The molecule has 7 nitrogen and oxygen atoms in total. The molecule has 132 valence electrons. The van der Waals surface area contributed by atoms with Crippen LogP contribution in [0.15, 0.2) is 42.5 Å². The molecule has 0 saturated carbocycles. The molecule has 26 heavy (non-hydrogen) atoms. The Morgan fingerprint density at radius 2 is 1.88 bits per heavy atom. The highest BCUT2D eigenvalue weighted by atomic mass is 16.4. The second kappa shape index (κ2) is 6.25. The van der Waals surface area contributed by atoms with Crippen LogP contribution in [0.3, 0.4) is 0 Å². The second-order valence-electron chi connectivity index (χ2n) is 6.65. The minimum atomic E-state index is -0.875. The Labute approximate surface area is 149 Å². The maximum Gasteiger partial charge on any atom is 0.308 e. The van der Waals surface area contributed by atoms with E-state index in [1.54, 1.807) is 23.1 Å². The van der Waals surface area contributed by atoms with Crippen LogP contribution in [-0.4, -0.2) is 50.4 Å². The fourth-order valence-corrected chi connectivity index (χ4v) is 3.69. The molecule has 3 aromatic rings. The summed E-state index contributed by atoms with van der Waals surface area (Å²) in [5, 5.41) is 20.2. The number of aliphatic carboxylic acids is 1. The highest BCUT2D eigenvalue weighted by molar-refractivity contribution is 5.97. The first-order valence-corrected chi connectivity index (χ1v) is 8.42.